The van der Waals surface area contributed by atoms with Crippen LogP contribution in [-0.4, -0.2) is 40.7 Å². The van der Waals surface area contributed by atoms with Crippen LogP contribution < -0.4 is 4.74 Å². The number of hydrogen-bond acceptors (Lipinski definition) is 3. The lowest BCUT2D eigenvalue weighted by molar-refractivity contribution is -0.135. The summed E-state index contributed by atoms with van der Waals surface area (Å²) < 4.78 is 18.3. The van der Waals surface area contributed by atoms with Crippen molar-refractivity contribution in [2.45, 2.75) is 19.3 Å². The Morgan fingerprint density at radius 3 is 2.91 bits per heavy atom. The fraction of sp³-hybridized carbons (Fsp3) is 0.412. The standard InChI is InChI=1S/C17H20FN3O2/c18-14-3-5-16(6-4-14)23-12-17(22)21-9-1-2-13(11-21)10-15-7-8-19-20-15/h3-8,13H,1-2,9-12H2,(H,19,20)/t13-/m0/s1. The number of aromatic amines is 1. The summed E-state index contributed by atoms with van der Waals surface area (Å²) in [4.78, 5) is 14.1. The average Bonchev–Trinajstić information content (AvgIpc) is 3.07. The molecule has 0 bridgehead atoms. The number of nitrogens with zero attached hydrogens (tertiary/aromatic N) is 2. The summed E-state index contributed by atoms with van der Waals surface area (Å²) in [7, 11) is 0. The molecule has 0 unspecified atom stereocenters. The van der Waals surface area contributed by atoms with Gasteiger partial charge in [0.2, 0.25) is 0 Å². The Morgan fingerprint density at radius 2 is 2.17 bits per heavy atom. The fourth-order valence-corrected chi connectivity index (χ4v) is 2.93. The summed E-state index contributed by atoms with van der Waals surface area (Å²) in [6.45, 7) is 1.50. The minimum atomic E-state index is -0.318. The van der Waals surface area contributed by atoms with Gasteiger partial charge in [0, 0.05) is 25.0 Å². The Morgan fingerprint density at radius 1 is 1.35 bits per heavy atom. The molecule has 122 valence electrons. The number of nitrogens with one attached hydrogen (secondary N) is 1. The molecule has 0 saturated carbocycles. The van der Waals surface area contributed by atoms with Gasteiger partial charge in [-0.1, -0.05) is 0 Å². The molecular weight excluding hydrogens is 297 g/mol. The molecule has 1 aromatic heterocycles. The minimum Gasteiger partial charge on any atom is -0.484 e. The van der Waals surface area contributed by atoms with Crippen LogP contribution in [0.1, 0.15) is 18.5 Å². The van der Waals surface area contributed by atoms with Crippen molar-refractivity contribution in [1.82, 2.24) is 15.1 Å². The second-order valence-corrected chi connectivity index (χ2v) is 5.88. The van der Waals surface area contributed by atoms with Crippen LogP contribution in [-0.2, 0) is 11.2 Å². The Bertz CT molecular complexity index is 628. The molecule has 2 heterocycles. The molecule has 0 radical (unpaired) electrons. The quantitative estimate of drug-likeness (QED) is 0.921. The highest BCUT2D eigenvalue weighted by atomic mass is 19.1. The molecule has 1 N–H and O–H groups in total. The SMILES string of the molecule is O=C(COc1ccc(F)cc1)N1CCC[C@@H](Cc2ccn[nH]2)C1. The number of hydrogen-bond donors (Lipinski definition) is 1. The van der Waals surface area contributed by atoms with Gasteiger partial charge < -0.3 is 9.64 Å². The zero-order chi connectivity index (χ0) is 16.1. The van der Waals surface area contributed by atoms with E-state index in [9.17, 15) is 9.18 Å². The molecule has 23 heavy (non-hydrogen) atoms. The van der Waals surface area contributed by atoms with Gasteiger partial charge in [-0.2, -0.15) is 5.10 Å². The van der Waals surface area contributed by atoms with Crippen LogP contribution in [0.3, 0.4) is 0 Å². The molecule has 0 spiro atoms. The number of H-pyrrole nitrogens is 1. The maximum absolute atomic E-state index is 12.8. The van der Waals surface area contributed by atoms with Crippen LogP contribution in [0.5, 0.6) is 5.75 Å². The van der Waals surface area contributed by atoms with Crippen LogP contribution in [0.4, 0.5) is 4.39 Å². The normalized spacial score (nSPS) is 18.0. The molecule has 6 heteroatoms. The summed E-state index contributed by atoms with van der Waals surface area (Å²) in [5.74, 6) is 0.606. The van der Waals surface area contributed by atoms with Crippen molar-refractivity contribution in [3.63, 3.8) is 0 Å². The smallest absolute Gasteiger partial charge is 0.260 e. The van der Waals surface area contributed by atoms with Gasteiger partial charge in [0.15, 0.2) is 6.61 Å². The Kier molecular flexibility index (Phi) is 4.90. The monoisotopic (exact) mass is 317 g/mol. The second-order valence-electron chi connectivity index (χ2n) is 5.88. The maximum Gasteiger partial charge on any atom is 0.260 e. The van der Waals surface area contributed by atoms with E-state index >= 15 is 0 Å². The fourth-order valence-electron chi connectivity index (χ4n) is 2.93. The molecule has 0 aliphatic carbocycles. The van der Waals surface area contributed by atoms with Crippen molar-refractivity contribution in [3.05, 3.63) is 48.0 Å². The molecule has 1 aromatic carbocycles. The lowest BCUT2D eigenvalue weighted by atomic mass is 9.93. The van der Waals surface area contributed by atoms with Crippen LogP contribution >= 0.6 is 0 Å². The van der Waals surface area contributed by atoms with Gasteiger partial charge in [0.1, 0.15) is 11.6 Å². The first-order valence-electron chi connectivity index (χ1n) is 7.85. The van der Waals surface area contributed by atoms with E-state index in [1.807, 2.05) is 11.0 Å². The van der Waals surface area contributed by atoms with E-state index in [1.54, 1.807) is 6.20 Å². The third-order valence-electron chi connectivity index (χ3n) is 4.11. The van der Waals surface area contributed by atoms with Crippen molar-refractivity contribution in [1.29, 1.82) is 0 Å². The van der Waals surface area contributed by atoms with Gasteiger partial charge in [-0.25, -0.2) is 4.39 Å². The van der Waals surface area contributed by atoms with Crippen molar-refractivity contribution >= 4 is 5.91 Å². The van der Waals surface area contributed by atoms with Crippen molar-refractivity contribution in [2.75, 3.05) is 19.7 Å². The second kappa shape index (κ2) is 7.26. The third kappa shape index (κ3) is 4.31. The zero-order valence-electron chi connectivity index (χ0n) is 12.9. The highest BCUT2D eigenvalue weighted by Gasteiger charge is 2.24. The van der Waals surface area contributed by atoms with Crippen molar-refractivity contribution in [2.24, 2.45) is 5.92 Å². The van der Waals surface area contributed by atoms with E-state index in [1.165, 1.54) is 24.3 Å². The highest BCUT2D eigenvalue weighted by molar-refractivity contribution is 5.77. The zero-order valence-corrected chi connectivity index (χ0v) is 12.9. The maximum atomic E-state index is 12.8. The van der Waals surface area contributed by atoms with Crippen molar-refractivity contribution < 1.29 is 13.9 Å². The van der Waals surface area contributed by atoms with E-state index in [-0.39, 0.29) is 18.3 Å². The molecule has 1 fully saturated rings. The number of amides is 1. The van der Waals surface area contributed by atoms with Gasteiger partial charge in [-0.05, 0) is 55.5 Å². The average molecular weight is 317 g/mol. The number of rotatable bonds is 5. The van der Waals surface area contributed by atoms with Crippen LogP contribution in [0.2, 0.25) is 0 Å². The van der Waals surface area contributed by atoms with Gasteiger partial charge >= 0.3 is 0 Å². The molecule has 1 amide bonds. The number of piperidine rings is 1. The first-order valence-corrected chi connectivity index (χ1v) is 7.85. The van der Waals surface area contributed by atoms with Gasteiger partial charge in [0.25, 0.3) is 5.91 Å². The summed E-state index contributed by atoms with van der Waals surface area (Å²) in [6, 6.07) is 7.67. The van der Waals surface area contributed by atoms with E-state index < -0.39 is 0 Å². The highest BCUT2D eigenvalue weighted by Crippen LogP contribution is 2.20. The number of aromatic nitrogens is 2. The van der Waals surface area contributed by atoms with Gasteiger partial charge in [0.05, 0.1) is 0 Å². The number of ether oxygens (including phenoxy) is 1. The first-order chi connectivity index (χ1) is 11.2. The Labute approximate surface area is 134 Å². The summed E-state index contributed by atoms with van der Waals surface area (Å²) in [5.41, 5.74) is 1.10. The lowest BCUT2D eigenvalue weighted by Crippen LogP contribution is -2.42. The lowest BCUT2D eigenvalue weighted by Gasteiger charge is -2.32. The number of benzene rings is 1. The Hall–Kier alpha value is -2.37. The summed E-state index contributed by atoms with van der Waals surface area (Å²) in [5, 5.41) is 6.93. The van der Waals surface area contributed by atoms with Gasteiger partial charge in [-0.15, -0.1) is 0 Å². The molecule has 5 nitrogen and oxygen atoms in total. The topological polar surface area (TPSA) is 58.2 Å². The molecule has 1 saturated heterocycles. The third-order valence-corrected chi connectivity index (χ3v) is 4.11. The molecular formula is C17H20FN3O2. The predicted octanol–water partition coefficient (Wildman–Crippen LogP) is 2.41. The molecule has 1 aliphatic heterocycles. The van der Waals surface area contributed by atoms with Crippen LogP contribution in [0.25, 0.3) is 0 Å². The van der Waals surface area contributed by atoms with Crippen LogP contribution in [0.15, 0.2) is 36.5 Å². The van der Waals surface area contributed by atoms with Crippen LogP contribution in [0, 0.1) is 11.7 Å². The van der Waals surface area contributed by atoms with Crippen molar-refractivity contribution in [3.8, 4) is 5.75 Å². The number of carbonyl (C=O) groups is 1. The molecule has 2 aromatic rings. The van der Waals surface area contributed by atoms with E-state index in [4.69, 9.17) is 4.74 Å². The minimum absolute atomic E-state index is 0.0115. The number of likely N-dealkylation sites (tertiary alicyclic amines) is 1. The van der Waals surface area contributed by atoms with E-state index in [0.29, 0.717) is 11.7 Å². The molecule has 1 aliphatic rings. The number of carbonyl (C=O) groups excluding carboxylic acids is 1. The van der Waals surface area contributed by atoms with Gasteiger partial charge in [-0.3, -0.25) is 9.89 Å². The number of halogens is 1. The first kappa shape index (κ1) is 15.5. The largest absolute Gasteiger partial charge is 0.484 e. The molecule has 1 atom stereocenters. The summed E-state index contributed by atoms with van der Waals surface area (Å²) >= 11 is 0. The van der Waals surface area contributed by atoms with E-state index in [2.05, 4.69) is 10.2 Å². The predicted molar refractivity (Wildman–Crippen MR) is 83.5 cm³/mol. The molecule has 3 rings (SSSR count). The van der Waals surface area contributed by atoms with E-state index in [0.717, 1.165) is 38.0 Å². The summed E-state index contributed by atoms with van der Waals surface area (Å²) in [6.07, 6.45) is 4.77. The Balaban J connectivity index is 1.49.